The third kappa shape index (κ3) is 5.88. The lowest BCUT2D eigenvalue weighted by Gasteiger charge is -2.38. The number of halogens is 1. The molecule has 2 saturated heterocycles. The lowest BCUT2D eigenvalue weighted by atomic mass is 9.84. The Kier molecular flexibility index (Phi) is 8.45. The number of hydrogen-bond acceptors (Lipinski definition) is 5. The van der Waals surface area contributed by atoms with E-state index in [0.29, 0.717) is 49.7 Å². The second-order valence-electron chi connectivity index (χ2n) is 11.2. The molecule has 0 saturated carbocycles. The number of nitrogens with zero attached hydrogens (tertiary/aromatic N) is 3. The minimum atomic E-state index is -0.832. The van der Waals surface area contributed by atoms with Gasteiger partial charge in [-0.1, -0.05) is 66.2 Å². The predicted octanol–water partition coefficient (Wildman–Crippen LogP) is 4.96. The first-order valence-corrected chi connectivity index (χ1v) is 15.1. The van der Waals surface area contributed by atoms with E-state index in [9.17, 15) is 14.7 Å². The van der Waals surface area contributed by atoms with Crippen LogP contribution in [0.2, 0.25) is 5.02 Å². The molecule has 3 aliphatic rings. The molecule has 0 radical (unpaired) electrons. The lowest BCUT2D eigenvalue weighted by molar-refractivity contribution is -0.133. The highest BCUT2D eigenvalue weighted by molar-refractivity contribution is 6.30. The van der Waals surface area contributed by atoms with Gasteiger partial charge < -0.3 is 19.6 Å². The molecule has 8 heteroatoms. The summed E-state index contributed by atoms with van der Waals surface area (Å²) < 4.78 is 5.41. The van der Waals surface area contributed by atoms with E-state index in [1.807, 2.05) is 72.8 Å². The zero-order chi connectivity index (χ0) is 29.1. The van der Waals surface area contributed by atoms with Gasteiger partial charge in [0.1, 0.15) is 6.54 Å². The summed E-state index contributed by atoms with van der Waals surface area (Å²) in [5, 5.41) is 11.9. The van der Waals surface area contributed by atoms with Gasteiger partial charge in [-0.2, -0.15) is 0 Å². The Balaban J connectivity index is 1.22. The molecule has 0 aromatic heterocycles. The van der Waals surface area contributed by atoms with Crippen LogP contribution in [0.25, 0.3) is 5.57 Å². The summed E-state index contributed by atoms with van der Waals surface area (Å²) in [4.78, 5) is 33.0. The van der Waals surface area contributed by atoms with Crippen molar-refractivity contribution in [3.8, 4) is 0 Å². The molecule has 1 N–H and O–H groups in total. The first-order valence-electron chi connectivity index (χ1n) is 14.7. The van der Waals surface area contributed by atoms with Crippen molar-refractivity contribution in [3.63, 3.8) is 0 Å². The van der Waals surface area contributed by atoms with Crippen LogP contribution in [0.5, 0.6) is 0 Å². The maximum Gasteiger partial charge on any atom is 0.259 e. The van der Waals surface area contributed by atoms with Gasteiger partial charge in [-0.15, -0.1) is 0 Å². The topological polar surface area (TPSA) is 73.3 Å². The van der Waals surface area contributed by atoms with Gasteiger partial charge in [0.15, 0.2) is 0 Å². The van der Waals surface area contributed by atoms with E-state index in [4.69, 9.17) is 16.3 Å². The van der Waals surface area contributed by atoms with E-state index < -0.39 is 5.60 Å². The van der Waals surface area contributed by atoms with Crippen LogP contribution in [0, 0.1) is 0 Å². The number of piperidine rings is 1. The Labute approximate surface area is 251 Å². The number of para-hydroxylation sites is 1. The van der Waals surface area contributed by atoms with Crippen molar-refractivity contribution in [1.82, 2.24) is 9.80 Å². The number of aliphatic hydroxyl groups is 1. The maximum atomic E-state index is 13.9. The minimum Gasteiger partial charge on any atom is -0.385 e. The molecule has 2 fully saturated rings. The monoisotopic (exact) mass is 585 g/mol. The Morgan fingerprint density at radius 3 is 2.24 bits per heavy atom. The van der Waals surface area contributed by atoms with Crippen molar-refractivity contribution < 1.29 is 19.4 Å². The van der Waals surface area contributed by atoms with Crippen molar-refractivity contribution in [2.75, 3.05) is 57.4 Å². The molecule has 7 nitrogen and oxygen atoms in total. The van der Waals surface area contributed by atoms with Crippen LogP contribution in [0.1, 0.15) is 46.3 Å². The molecule has 0 spiro atoms. The van der Waals surface area contributed by atoms with Crippen LogP contribution in [-0.2, 0) is 15.1 Å². The molecule has 42 heavy (non-hydrogen) atoms. The molecular weight excluding hydrogens is 550 g/mol. The summed E-state index contributed by atoms with van der Waals surface area (Å²) in [6.45, 7) is 4.54. The largest absolute Gasteiger partial charge is 0.385 e. The molecule has 3 aromatic rings. The second kappa shape index (κ2) is 12.4. The smallest absolute Gasteiger partial charge is 0.259 e. The fourth-order valence-electron chi connectivity index (χ4n) is 6.25. The van der Waals surface area contributed by atoms with Gasteiger partial charge in [0.05, 0.1) is 24.5 Å². The summed E-state index contributed by atoms with van der Waals surface area (Å²) >= 11 is 6.05. The number of benzene rings is 3. The number of hydrogen-bond donors (Lipinski definition) is 1. The number of morpholine rings is 1. The van der Waals surface area contributed by atoms with E-state index in [-0.39, 0.29) is 18.4 Å². The minimum absolute atomic E-state index is 0.0121. The third-order valence-corrected chi connectivity index (χ3v) is 8.95. The van der Waals surface area contributed by atoms with Gasteiger partial charge in [0.25, 0.3) is 5.91 Å². The molecule has 0 atom stereocenters. The molecule has 2 amide bonds. The number of likely N-dealkylation sites (tertiary alicyclic amines) is 1. The molecule has 0 aliphatic carbocycles. The molecule has 218 valence electrons. The quantitative estimate of drug-likeness (QED) is 0.442. The van der Waals surface area contributed by atoms with Crippen molar-refractivity contribution >= 4 is 34.7 Å². The zero-order valence-corrected chi connectivity index (χ0v) is 24.4. The summed E-state index contributed by atoms with van der Waals surface area (Å²) in [5.41, 5.74) is 4.26. The van der Waals surface area contributed by atoms with E-state index in [0.717, 1.165) is 54.0 Å². The average Bonchev–Trinajstić information content (AvgIpc) is 3.12. The zero-order valence-electron chi connectivity index (χ0n) is 23.7. The Bertz CT molecular complexity index is 1470. The maximum absolute atomic E-state index is 13.9. The second-order valence-corrected chi connectivity index (χ2v) is 11.7. The van der Waals surface area contributed by atoms with Crippen molar-refractivity contribution in [2.24, 2.45) is 0 Å². The van der Waals surface area contributed by atoms with Crippen molar-refractivity contribution in [3.05, 3.63) is 106 Å². The highest BCUT2D eigenvalue weighted by Gasteiger charge is 2.34. The van der Waals surface area contributed by atoms with E-state index >= 15 is 0 Å². The van der Waals surface area contributed by atoms with Gasteiger partial charge in [-0.05, 0) is 60.2 Å². The van der Waals surface area contributed by atoms with Crippen LogP contribution < -0.4 is 4.90 Å². The third-order valence-electron chi connectivity index (χ3n) is 8.69. The van der Waals surface area contributed by atoms with E-state index in [1.165, 1.54) is 0 Å². The highest BCUT2D eigenvalue weighted by Crippen LogP contribution is 2.39. The highest BCUT2D eigenvalue weighted by atomic mass is 35.5. The van der Waals surface area contributed by atoms with Gasteiger partial charge in [0.2, 0.25) is 5.91 Å². The van der Waals surface area contributed by atoms with Gasteiger partial charge in [-0.3, -0.25) is 14.5 Å². The summed E-state index contributed by atoms with van der Waals surface area (Å²) in [6.07, 6.45) is 4.34. The standard InChI is InChI=1S/C34H36ClN3O4/c35-26-13-11-25(12-14-26)34(41)15-18-36(19-16-34)17-5-9-27-28-6-1-2-8-30(28)33(40)38(31-10-4-3-7-29(27)31)24-32(39)37-20-22-42-23-21-37/h1-4,6-14,41H,5,15-24H2/b27-9+. The number of rotatable bonds is 6. The average molecular weight is 586 g/mol. The number of carbonyl (C=O) groups excluding carboxylic acids is 2. The Morgan fingerprint density at radius 1 is 0.881 bits per heavy atom. The SMILES string of the molecule is O=C(CN1C(=O)c2ccccc2/C(=C\CCN2CCC(O)(c3ccc(Cl)cc3)CC2)c2ccccc21)N1CCOCC1. The van der Waals surface area contributed by atoms with Crippen LogP contribution in [-0.4, -0.2) is 79.2 Å². The number of anilines is 1. The molecule has 3 heterocycles. The fraction of sp³-hybridized carbons (Fsp3) is 0.353. The number of ether oxygens (including phenoxy) is 1. The first-order chi connectivity index (χ1) is 20.4. The molecule has 6 rings (SSSR count). The van der Waals surface area contributed by atoms with Gasteiger partial charge in [0, 0.05) is 48.9 Å². The van der Waals surface area contributed by atoms with E-state index in [1.54, 1.807) is 9.80 Å². The molecular formula is C34H36ClN3O4. The van der Waals surface area contributed by atoms with Crippen molar-refractivity contribution in [1.29, 1.82) is 0 Å². The predicted molar refractivity (Wildman–Crippen MR) is 165 cm³/mol. The molecule has 0 bridgehead atoms. The van der Waals surface area contributed by atoms with Gasteiger partial charge >= 0.3 is 0 Å². The van der Waals surface area contributed by atoms with Crippen LogP contribution in [0.15, 0.2) is 78.9 Å². The van der Waals surface area contributed by atoms with Crippen LogP contribution in [0.4, 0.5) is 5.69 Å². The molecule has 3 aliphatic heterocycles. The van der Waals surface area contributed by atoms with Crippen LogP contribution in [0.3, 0.4) is 0 Å². The molecule has 3 aromatic carbocycles. The Morgan fingerprint density at radius 2 is 1.52 bits per heavy atom. The summed E-state index contributed by atoms with van der Waals surface area (Å²) in [5.74, 6) is -0.240. The van der Waals surface area contributed by atoms with Crippen molar-refractivity contribution in [2.45, 2.75) is 24.9 Å². The summed E-state index contributed by atoms with van der Waals surface area (Å²) in [7, 11) is 0. The number of carbonyl (C=O) groups is 2. The van der Waals surface area contributed by atoms with Gasteiger partial charge in [-0.25, -0.2) is 0 Å². The molecule has 0 unspecified atom stereocenters. The van der Waals surface area contributed by atoms with E-state index in [2.05, 4.69) is 11.0 Å². The normalized spacial score (nSPS) is 19.8. The number of fused-ring (bicyclic) bond motifs is 2. The Hall–Kier alpha value is -3.49. The van der Waals surface area contributed by atoms with Crippen LogP contribution >= 0.6 is 11.6 Å². The fourth-order valence-corrected chi connectivity index (χ4v) is 6.38. The lowest BCUT2D eigenvalue weighted by Crippen LogP contribution is -2.47. The summed E-state index contributed by atoms with van der Waals surface area (Å²) in [6, 6.07) is 23.1. The number of amides is 2. The first kappa shape index (κ1) is 28.6.